The summed E-state index contributed by atoms with van der Waals surface area (Å²) in [6.07, 6.45) is 1.46. The molecule has 0 radical (unpaired) electrons. The van der Waals surface area contributed by atoms with Crippen LogP contribution in [0.5, 0.6) is 0 Å². The Balaban J connectivity index is 1.99. The van der Waals surface area contributed by atoms with Crippen molar-refractivity contribution in [3.05, 3.63) is 68.6 Å². The van der Waals surface area contributed by atoms with Gasteiger partial charge in [0.2, 0.25) is 0 Å². The Hall–Kier alpha value is -2.25. The summed E-state index contributed by atoms with van der Waals surface area (Å²) in [6.45, 7) is 0. The van der Waals surface area contributed by atoms with E-state index in [1.165, 1.54) is 6.08 Å². The van der Waals surface area contributed by atoms with E-state index in [2.05, 4.69) is 37.2 Å². The Kier molecular flexibility index (Phi) is 4.64. The lowest BCUT2D eigenvalue weighted by Crippen LogP contribution is -2.54. The van der Waals surface area contributed by atoms with Crippen molar-refractivity contribution < 1.29 is 14.4 Å². The molecule has 1 heterocycles. The van der Waals surface area contributed by atoms with Gasteiger partial charge in [-0.25, -0.2) is 9.69 Å². The number of rotatable bonds is 2. The number of hydrogen-bond donors (Lipinski definition) is 1. The molecule has 0 spiro atoms. The molecule has 3 rings (SSSR count). The molecule has 7 heteroatoms. The number of imide groups is 2. The van der Waals surface area contributed by atoms with Crippen molar-refractivity contribution in [3.8, 4) is 0 Å². The van der Waals surface area contributed by atoms with Crippen molar-refractivity contribution in [3.63, 3.8) is 0 Å². The van der Waals surface area contributed by atoms with Gasteiger partial charge in [0, 0.05) is 8.95 Å². The van der Waals surface area contributed by atoms with Crippen molar-refractivity contribution in [2.75, 3.05) is 4.90 Å². The van der Waals surface area contributed by atoms with E-state index in [4.69, 9.17) is 0 Å². The third-order valence-electron chi connectivity index (χ3n) is 3.37. The van der Waals surface area contributed by atoms with Crippen LogP contribution in [0.25, 0.3) is 6.08 Å². The smallest absolute Gasteiger partial charge is 0.273 e. The van der Waals surface area contributed by atoms with Crippen LogP contribution < -0.4 is 10.2 Å². The molecular weight excluding hydrogens is 440 g/mol. The number of benzene rings is 2. The van der Waals surface area contributed by atoms with Crippen molar-refractivity contribution in [1.82, 2.24) is 5.32 Å². The highest BCUT2D eigenvalue weighted by atomic mass is 79.9. The Morgan fingerprint density at radius 3 is 1.96 bits per heavy atom. The third kappa shape index (κ3) is 3.32. The fraction of sp³-hybridized carbons (Fsp3) is 0. The van der Waals surface area contributed by atoms with Gasteiger partial charge in [-0.3, -0.25) is 14.9 Å². The second-order valence-corrected chi connectivity index (χ2v) is 6.82. The van der Waals surface area contributed by atoms with Crippen LogP contribution in [0.2, 0.25) is 0 Å². The monoisotopic (exact) mass is 448 g/mol. The van der Waals surface area contributed by atoms with Gasteiger partial charge in [0.15, 0.2) is 0 Å². The first-order valence-electron chi connectivity index (χ1n) is 6.88. The van der Waals surface area contributed by atoms with E-state index in [0.717, 1.165) is 13.8 Å². The number of carbonyl (C=O) groups is 3. The maximum Gasteiger partial charge on any atom is 0.335 e. The van der Waals surface area contributed by atoms with Gasteiger partial charge >= 0.3 is 6.03 Å². The summed E-state index contributed by atoms with van der Waals surface area (Å²) >= 11 is 6.62. The topological polar surface area (TPSA) is 66.5 Å². The van der Waals surface area contributed by atoms with Crippen molar-refractivity contribution in [1.29, 1.82) is 0 Å². The fourth-order valence-electron chi connectivity index (χ4n) is 2.21. The number of amides is 4. The van der Waals surface area contributed by atoms with E-state index in [0.29, 0.717) is 11.3 Å². The van der Waals surface area contributed by atoms with Gasteiger partial charge in [0.05, 0.1) is 5.69 Å². The molecule has 5 nitrogen and oxygen atoms in total. The maximum absolute atomic E-state index is 12.7. The van der Waals surface area contributed by atoms with E-state index in [1.807, 2.05) is 0 Å². The molecule has 2 aromatic carbocycles. The highest BCUT2D eigenvalue weighted by Crippen LogP contribution is 2.24. The average Bonchev–Trinajstić information content (AvgIpc) is 2.55. The van der Waals surface area contributed by atoms with E-state index < -0.39 is 17.8 Å². The van der Waals surface area contributed by atoms with Gasteiger partial charge in [-0.2, -0.15) is 0 Å². The zero-order valence-corrected chi connectivity index (χ0v) is 15.3. The quantitative estimate of drug-likeness (QED) is 0.558. The molecule has 4 amide bonds. The Bertz CT molecular complexity index is 858. The number of halogens is 2. The van der Waals surface area contributed by atoms with Gasteiger partial charge in [-0.15, -0.1) is 0 Å². The third-order valence-corrected chi connectivity index (χ3v) is 4.42. The summed E-state index contributed by atoms with van der Waals surface area (Å²) in [5.74, 6) is -1.37. The molecule has 1 saturated heterocycles. The summed E-state index contributed by atoms with van der Waals surface area (Å²) in [5.41, 5.74) is 0.969. The lowest BCUT2D eigenvalue weighted by atomic mass is 10.1. The Morgan fingerprint density at radius 2 is 1.38 bits per heavy atom. The standard InChI is InChI=1S/C17H10Br2N2O3/c18-11-3-1-10(2-4-11)9-14-15(22)20-17(24)21(16(14)23)13-7-5-12(19)6-8-13/h1-9H,(H,20,22,24)/b14-9-. The summed E-state index contributed by atoms with van der Waals surface area (Å²) in [4.78, 5) is 37.7. The normalized spacial score (nSPS) is 16.5. The molecular formula is C17H10Br2N2O3. The van der Waals surface area contributed by atoms with E-state index >= 15 is 0 Å². The van der Waals surface area contributed by atoms with Crippen LogP contribution in [0.1, 0.15) is 5.56 Å². The van der Waals surface area contributed by atoms with Crippen molar-refractivity contribution >= 4 is 61.5 Å². The first-order valence-corrected chi connectivity index (χ1v) is 8.47. The molecule has 1 fully saturated rings. The summed E-state index contributed by atoms with van der Waals surface area (Å²) in [7, 11) is 0. The number of urea groups is 1. The largest absolute Gasteiger partial charge is 0.335 e. The second-order valence-electron chi connectivity index (χ2n) is 4.99. The molecule has 0 aromatic heterocycles. The number of nitrogens with zero attached hydrogens (tertiary/aromatic N) is 1. The predicted octanol–water partition coefficient (Wildman–Crippen LogP) is 3.88. The lowest BCUT2D eigenvalue weighted by molar-refractivity contribution is -0.122. The van der Waals surface area contributed by atoms with Gasteiger partial charge in [0.25, 0.3) is 11.8 Å². The van der Waals surface area contributed by atoms with Crippen LogP contribution in [0.3, 0.4) is 0 Å². The van der Waals surface area contributed by atoms with Crippen molar-refractivity contribution in [2.24, 2.45) is 0 Å². The number of nitrogens with one attached hydrogen (secondary N) is 1. The van der Waals surface area contributed by atoms with Gasteiger partial charge in [0.1, 0.15) is 5.57 Å². The minimum atomic E-state index is -0.764. The molecule has 1 N–H and O–H groups in total. The molecule has 120 valence electrons. The number of carbonyl (C=O) groups excluding carboxylic acids is 3. The zero-order chi connectivity index (χ0) is 17.3. The highest BCUT2D eigenvalue weighted by Gasteiger charge is 2.36. The highest BCUT2D eigenvalue weighted by molar-refractivity contribution is 9.10. The molecule has 0 aliphatic carbocycles. The first kappa shape index (κ1) is 16.6. The molecule has 1 aliphatic rings. The maximum atomic E-state index is 12.7. The van der Waals surface area contributed by atoms with Crippen LogP contribution in [0.15, 0.2) is 63.0 Å². The predicted molar refractivity (Wildman–Crippen MR) is 97.3 cm³/mol. The average molecular weight is 450 g/mol. The second kappa shape index (κ2) is 6.70. The van der Waals surface area contributed by atoms with Gasteiger partial charge in [-0.1, -0.05) is 44.0 Å². The van der Waals surface area contributed by atoms with Crippen LogP contribution in [0, 0.1) is 0 Å². The van der Waals surface area contributed by atoms with Crippen LogP contribution in [-0.2, 0) is 9.59 Å². The summed E-state index contributed by atoms with van der Waals surface area (Å²) in [6, 6.07) is 13.0. The number of hydrogen-bond acceptors (Lipinski definition) is 3. The van der Waals surface area contributed by atoms with Gasteiger partial charge < -0.3 is 0 Å². The molecule has 2 aromatic rings. The van der Waals surface area contributed by atoms with Gasteiger partial charge in [-0.05, 0) is 48.0 Å². The fourth-order valence-corrected chi connectivity index (χ4v) is 2.74. The molecule has 0 unspecified atom stereocenters. The lowest BCUT2D eigenvalue weighted by Gasteiger charge is -2.26. The van der Waals surface area contributed by atoms with Crippen LogP contribution >= 0.6 is 31.9 Å². The summed E-state index contributed by atoms with van der Waals surface area (Å²) < 4.78 is 1.70. The molecule has 0 bridgehead atoms. The number of anilines is 1. The molecule has 24 heavy (non-hydrogen) atoms. The van der Waals surface area contributed by atoms with Crippen LogP contribution in [0.4, 0.5) is 10.5 Å². The number of barbiturate groups is 1. The van der Waals surface area contributed by atoms with Crippen LogP contribution in [-0.4, -0.2) is 17.8 Å². The molecule has 0 atom stereocenters. The molecule has 1 aliphatic heterocycles. The SMILES string of the molecule is O=C1NC(=O)N(c2ccc(Br)cc2)C(=O)/C1=C\c1ccc(Br)cc1. The minimum Gasteiger partial charge on any atom is -0.273 e. The zero-order valence-electron chi connectivity index (χ0n) is 12.1. The Morgan fingerprint density at radius 1 is 0.833 bits per heavy atom. The van der Waals surface area contributed by atoms with Crippen molar-refractivity contribution in [2.45, 2.75) is 0 Å². The first-order chi connectivity index (χ1) is 11.5. The summed E-state index contributed by atoms with van der Waals surface area (Å²) in [5, 5.41) is 2.19. The molecule has 0 saturated carbocycles. The van der Waals surface area contributed by atoms with E-state index in [-0.39, 0.29) is 5.57 Å². The van der Waals surface area contributed by atoms with E-state index in [9.17, 15) is 14.4 Å². The van der Waals surface area contributed by atoms with E-state index in [1.54, 1.807) is 48.5 Å². The minimum absolute atomic E-state index is 0.0974. The Labute approximate surface area is 154 Å².